The van der Waals surface area contributed by atoms with E-state index in [0.29, 0.717) is 16.6 Å². The predicted octanol–water partition coefficient (Wildman–Crippen LogP) is 3.19. The quantitative estimate of drug-likeness (QED) is 0.394. The zero-order valence-electron chi connectivity index (χ0n) is 9.74. The number of rotatable bonds is 2. The van der Waals surface area contributed by atoms with Crippen LogP contribution in [0.15, 0.2) is 21.6 Å². The first-order valence-electron chi connectivity index (χ1n) is 4.75. The van der Waals surface area contributed by atoms with E-state index < -0.39 is 0 Å². The minimum atomic E-state index is 0.534. The van der Waals surface area contributed by atoms with Gasteiger partial charge in [-0.05, 0) is 30.9 Å². The van der Waals surface area contributed by atoms with Crippen molar-refractivity contribution in [3.63, 3.8) is 0 Å². The molecule has 0 spiro atoms. The third-order valence-electron chi connectivity index (χ3n) is 2.12. The molecule has 1 rings (SSSR count). The van der Waals surface area contributed by atoms with Crippen molar-refractivity contribution < 1.29 is 4.74 Å². The van der Waals surface area contributed by atoms with E-state index in [9.17, 15) is 0 Å². The Balaban J connectivity index is 3.29. The lowest BCUT2D eigenvalue weighted by Crippen LogP contribution is -2.12. The number of benzene rings is 1. The van der Waals surface area contributed by atoms with Crippen LogP contribution in [0.4, 0.5) is 5.69 Å². The molecule has 1 aromatic rings. The Morgan fingerprint density at radius 2 is 2.29 bits per heavy atom. The fourth-order valence-electron chi connectivity index (χ4n) is 1.23. The normalized spacial score (nSPS) is 10.9. The van der Waals surface area contributed by atoms with Crippen LogP contribution in [-0.4, -0.2) is 18.5 Å². The van der Waals surface area contributed by atoms with E-state index in [-0.39, 0.29) is 0 Å². The summed E-state index contributed by atoms with van der Waals surface area (Å²) in [6.07, 6.45) is 3.71. The Labute approximate surface area is 113 Å². The molecule has 17 heavy (non-hydrogen) atoms. The summed E-state index contributed by atoms with van der Waals surface area (Å²) in [7, 11) is 1.60. The standard InChI is InChI=1S/C11H12BrN3OS/c1-7-8(12)4-5-9(16-2)10(7)15-11(17-3)14-6-13/h4-5H,1-3H3,(H,14,15). The van der Waals surface area contributed by atoms with Crippen LogP contribution < -0.4 is 10.1 Å². The molecule has 0 saturated heterocycles. The number of nitrogens with zero attached hydrogens (tertiary/aromatic N) is 2. The number of ether oxygens (including phenoxy) is 1. The second-order valence-corrected chi connectivity index (χ2v) is 4.73. The van der Waals surface area contributed by atoms with E-state index in [0.717, 1.165) is 10.0 Å². The molecule has 1 N–H and O–H groups in total. The molecule has 0 aromatic heterocycles. The third kappa shape index (κ3) is 3.38. The van der Waals surface area contributed by atoms with E-state index in [1.165, 1.54) is 11.8 Å². The molecular formula is C11H12BrN3OS. The van der Waals surface area contributed by atoms with Crippen LogP contribution in [0.25, 0.3) is 0 Å². The average Bonchev–Trinajstić information content (AvgIpc) is 2.34. The van der Waals surface area contributed by atoms with Crippen molar-refractivity contribution in [2.75, 3.05) is 13.4 Å². The minimum absolute atomic E-state index is 0.534. The number of nitriles is 1. The summed E-state index contributed by atoms with van der Waals surface area (Å²) in [5.74, 6) is 0.678. The van der Waals surface area contributed by atoms with Gasteiger partial charge in [-0.1, -0.05) is 27.7 Å². The summed E-state index contributed by atoms with van der Waals surface area (Å²) >= 11 is 4.81. The molecule has 0 bridgehead atoms. The molecule has 0 amide bonds. The van der Waals surface area contributed by atoms with Crippen molar-refractivity contribution in [3.05, 3.63) is 22.2 Å². The maximum atomic E-state index is 8.60. The summed E-state index contributed by atoms with van der Waals surface area (Å²) in [5.41, 5.74) is 1.68. The topological polar surface area (TPSA) is 57.4 Å². The predicted molar refractivity (Wildman–Crippen MR) is 74.8 cm³/mol. The average molecular weight is 314 g/mol. The highest BCUT2D eigenvalue weighted by atomic mass is 79.9. The summed E-state index contributed by atoms with van der Waals surface area (Å²) in [6, 6.07) is 3.74. The molecule has 0 fully saturated rings. The number of thioether (sulfide) groups is 1. The second kappa shape index (κ2) is 6.52. The van der Waals surface area contributed by atoms with Crippen LogP contribution in [0.3, 0.4) is 0 Å². The number of hydrogen-bond acceptors (Lipinski definition) is 4. The Morgan fingerprint density at radius 3 is 2.82 bits per heavy atom. The van der Waals surface area contributed by atoms with Gasteiger partial charge in [0.1, 0.15) is 11.4 Å². The van der Waals surface area contributed by atoms with Gasteiger partial charge in [0.05, 0.1) is 7.11 Å². The zero-order chi connectivity index (χ0) is 12.8. The smallest absolute Gasteiger partial charge is 0.183 e. The molecule has 90 valence electrons. The van der Waals surface area contributed by atoms with Gasteiger partial charge in [0, 0.05) is 4.47 Å². The molecule has 0 unspecified atom stereocenters. The van der Waals surface area contributed by atoms with Crippen LogP contribution in [0, 0.1) is 18.4 Å². The highest BCUT2D eigenvalue weighted by Crippen LogP contribution is 2.36. The molecular weight excluding hydrogens is 302 g/mol. The number of amidine groups is 1. The maximum absolute atomic E-state index is 8.60. The van der Waals surface area contributed by atoms with Crippen LogP contribution in [0.1, 0.15) is 5.56 Å². The van der Waals surface area contributed by atoms with Crippen molar-refractivity contribution >= 4 is 38.5 Å². The van der Waals surface area contributed by atoms with Crippen molar-refractivity contribution in [3.8, 4) is 11.9 Å². The number of aliphatic imine (C=N–C) groups is 1. The van der Waals surface area contributed by atoms with Crippen LogP contribution in [0.2, 0.25) is 0 Å². The molecule has 1 aromatic carbocycles. The summed E-state index contributed by atoms with van der Waals surface area (Å²) in [6.45, 7) is 1.94. The van der Waals surface area contributed by atoms with Gasteiger partial charge < -0.3 is 4.74 Å². The van der Waals surface area contributed by atoms with Crippen molar-refractivity contribution in [2.45, 2.75) is 6.92 Å². The molecule has 0 aliphatic rings. The van der Waals surface area contributed by atoms with E-state index >= 15 is 0 Å². The molecule has 0 radical (unpaired) electrons. The van der Waals surface area contributed by atoms with Crippen LogP contribution in [0.5, 0.6) is 5.75 Å². The first-order valence-corrected chi connectivity index (χ1v) is 6.76. The first-order chi connectivity index (χ1) is 8.13. The number of hydrogen-bond donors (Lipinski definition) is 1. The van der Waals surface area contributed by atoms with E-state index in [1.807, 2.05) is 31.5 Å². The van der Waals surface area contributed by atoms with Crippen LogP contribution in [-0.2, 0) is 0 Å². The van der Waals surface area contributed by atoms with Crippen molar-refractivity contribution in [1.29, 1.82) is 5.26 Å². The molecule has 0 atom stereocenters. The van der Waals surface area contributed by atoms with E-state index in [1.54, 1.807) is 7.11 Å². The van der Waals surface area contributed by atoms with Crippen molar-refractivity contribution in [1.82, 2.24) is 5.32 Å². The fraction of sp³-hybridized carbons (Fsp3) is 0.273. The van der Waals surface area contributed by atoms with Gasteiger partial charge >= 0.3 is 0 Å². The van der Waals surface area contributed by atoms with Gasteiger partial charge in [-0.2, -0.15) is 5.26 Å². The largest absolute Gasteiger partial charge is 0.494 e. The second-order valence-electron chi connectivity index (χ2n) is 3.08. The van der Waals surface area contributed by atoms with Gasteiger partial charge in [-0.3, -0.25) is 5.32 Å². The van der Waals surface area contributed by atoms with Gasteiger partial charge in [0.15, 0.2) is 11.4 Å². The first kappa shape index (κ1) is 13.9. The van der Waals surface area contributed by atoms with E-state index in [4.69, 9.17) is 10.00 Å². The molecule has 0 saturated carbocycles. The van der Waals surface area contributed by atoms with Gasteiger partial charge in [0.2, 0.25) is 0 Å². The Morgan fingerprint density at radius 1 is 1.59 bits per heavy atom. The van der Waals surface area contributed by atoms with Crippen molar-refractivity contribution in [2.24, 2.45) is 4.99 Å². The zero-order valence-corrected chi connectivity index (χ0v) is 12.1. The minimum Gasteiger partial charge on any atom is -0.494 e. The lowest BCUT2D eigenvalue weighted by Gasteiger charge is -2.10. The lowest BCUT2D eigenvalue weighted by molar-refractivity contribution is 0.416. The molecule has 4 nitrogen and oxygen atoms in total. The number of halogens is 1. The molecule has 6 heteroatoms. The lowest BCUT2D eigenvalue weighted by atomic mass is 10.2. The summed E-state index contributed by atoms with van der Waals surface area (Å²) < 4.78 is 6.21. The Hall–Kier alpha value is -1.19. The van der Waals surface area contributed by atoms with Gasteiger partial charge in [-0.25, -0.2) is 4.99 Å². The fourth-order valence-corrected chi connectivity index (χ4v) is 1.88. The molecule has 0 aliphatic heterocycles. The van der Waals surface area contributed by atoms with Crippen LogP contribution >= 0.6 is 27.7 Å². The number of nitrogens with one attached hydrogen (secondary N) is 1. The number of methoxy groups -OCH3 is 1. The highest BCUT2D eigenvalue weighted by Gasteiger charge is 2.09. The Bertz CT molecular complexity index is 482. The molecule has 0 aliphatic carbocycles. The third-order valence-corrected chi connectivity index (χ3v) is 3.56. The summed E-state index contributed by atoms with van der Waals surface area (Å²) in [4.78, 5) is 4.39. The van der Waals surface area contributed by atoms with Gasteiger partial charge in [-0.15, -0.1) is 0 Å². The maximum Gasteiger partial charge on any atom is 0.183 e. The molecule has 0 heterocycles. The summed E-state index contributed by atoms with van der Waals surface area (Å²) in [5, 5.41) is 11.7. The van der Waals surface area contributed by atoms with E-state index in [2.05, 4.69) is 26.2 Å². The monoisotopic (exact) mass is 313 g/mol. The highest BCUT2D eigenvalue weighted by molar-refractivity contribution is 9.10. The van der Waals surface area contributed by atoms with Gasteiger partial charge in [0.25, 0.3) is 0 Å². The SMILES string of the molecule is COc1ccc(Br)c(C)c1N=C(NC#N)SC. The Kier molecular flexibility index (Phi) is 5.32.